The number of aliphatic imine (C=N–C) groups is 1. The van der Waals surface area contributed by atoms with Crippen LogP contribution >= 0.6 is 24.0 Å². The Bertz CT molecular complexity index is 517. The number of carbonyl (C=O) groups excluding carboxylic acids is 1. The third kappa shape index (κ3) is 5.13. The molecule has 0 atom stereocenters. The van der Waals surface area contributed by atoms with E-state index in [-0.39, 0.29) is 24.0 Å². The summed E-state index contributed by atoms with van der Waals surface area (Å²) < 4.78 is 10.1. The number of ether oxygens (including phenoxy) is 1. The lowest BCUT2D eigenvalue weighted by molar-refractivity contribution is 0.0599. The standard InChI is InChI=1S/C13H17N3O3.HI/c1-5-6-15-13(14-3)16-8-10-7-11(9(2)19-10)12(17)18-4;/h1,7H,6,8H2,2-4H3,(H2,14,15,16);1H. The average Bonchev–Trinajstić information content (AvgIpc) is 2.79. The highest BCUT2D eigenvalue weighted by atomic mass is 127. The summed E-state index contributed by atoms with van der Waals surface area (Å²) in [6.45, 7) is 2.48. The number of terminal acetylenes is 1. The first-order chi connectivity index (χ1) is 9.12. The van der Waals surface area contributed by atoms with E-state index in [0.717, 1.165) is 0 Å². The molecule has 0 radical (unpaired) electrons. The van der Waals surface area contributed by atoms with E-state index < -0.39 is 5.97 Å². The summed E-state index contributed by atoms with van der Waals surface area (Å²) in [5.41, 5.74) is 0.422. The number of furan rings is 1. The van der Waals surface area contributed by atoms with Gasteiger partial charge in [0.1, 0.15) is 17.1 Å². The number of hydrogen-bond acceptors (Lipinski definition) is 4. The first-order valence-electron chi connectivity index (χ1n) is 5.68. The molecule has 0 aliphatic heterocycles. The minimum atomic E-state index is -0.415. The van der Waals surface area contributed by atoms with Crippen LogP contribution in [0, 0.1) is 19.3 Å². The maximum Gasteiger partial charge on any atom is 0.341 e. The normalized spacial score (nSPS) is 10.2. The predicted octanol–water partition coefficient (Wildman–Crippen LogP) is 1.29. The number of halogens is 1. The molecule has 1 aromatic heterocycles. The average molecular weight is 391 g/mol. The van der Waals surface area contributed by atoms with Crippen molar-refractivity contribution in [3.05, 3.63) is 23.2 Å². The number of esters is 1. The molecule has 0 unspecified atom stereocenters. The van der Waals surface area contributed by atoms with Crippen LogP contribution in [0.5, 0.6) is 0 Å². The Balaban J connectivity index is 0.00000361. The van der Waals surface area contributed by atoms with Crippen molar-refractivity contribution in [3.63, 3.8) is 0 Å². The second-order valence-corrected chi connectivity index (χ2v) is 3.66. The van der Waals surface area contributed by atoms with Crippen molar-refractivity contribution in [2.24, 2.45) is 4.99 Å². The molecule has 1 heterocycles. The Morgan fingerprint density at radius 1 is 1.55 bits per heavy atom. The fraction of sp³-hybridized carbons (Fsp3) is 0.385. The van der Waals surface area contributed by atoms with E-state index in [1.807, 2.05) is 0 Å². The molecular weight excluding hydrogens is 373 g/mol. The van der Waals surface area contributed by atoms with Gasteiger partial charge in [-0.2, -0.15) is 0 Å². The molecule has 7 heteroatoms. The van der Waals surface area contributed by atoms with Crippen molar-refractivity contribution >= 4 is 35.9 Å². The summed E-state index contributed by atoms with van der Waals surface area (Å²) in [5, 5.41) is 5.93. The molecule has 2 N–H and O–H groups in total. The van der Waals surface area contributed by atoms with Crippen LogP contribution in [0.15, 0.2) is 15.5 Å². The molecule has 1 rings (SSSR count). The molecular formula is C13H18IN3O3. The summed E-state index contributed by atoms with van der Waals surface area (Å²) in [5.74, 6) is 3.73. The number of hydrogen-bond donors (Lipinski definition) is 2. The van der Waals surface area contributed by atoms with Gasteiger partial charge in [-0.05, 0) is 13.0 Å². The summed E-state index contributed by atoms with van der Waals surface area (Å²) >= 11 is 0. The zero-order chi connectivity index (χ0) is 14.3. The van der Waals surface area contributed by atoms with Gasteiger partial charge in [0, 0.05) is 7.05 Å². The van der Waals surface area contributed by atoms with Crippen LogP contribution in [0.3, 0.4) is 0 Å². The van der Waals surface area contributed by atoms with Crippen molar-refractivity contribution in [1.82, 2.24) is 10.6 Å². The Morgan fingerprint density at radius 2 is 2.25 bits per heavy atom. The van der Waals surface area contributed by atoms with Gasteiger partial charge < -0.3 is 19.8 Å². The molecule has 6 nitrogen and oxygen atoms in total. The van der Waals surface area contributed by atoms with E-state index in [4.69, 9.17) is 10.8 Å². The van der Waals surface area contributed by atoms with Gasteiger partial charge in [0.05, 0.1) is 20.2 Å². The van der Waals surface area contributed by atoms with Crippen molar-refractivity contribution in [2.75, 3.05) is 20.7 Å². The van der Waals surface area contributed by atoms with Crippen LogP contribution < -0.4 is 10.6 Å². The number of rotatable bonds is 4. The molecule has 0 aliphatic carbocycles. The molecule has 0 amide bonds. The lowest BCUT2D eigenvalue weighted by atomic mass is 10.2. The van der Waals surface area contributed by atoms with E-state index in [1.54, 1.807) is 20.0 Å². The molecule has 0 spiro atoms. The maximum absolute atomic E-state index is 11.4. The van der Waals surface area contributed by atoms with Gasteiger partial charge in [0.15, 0.2) is 5.96 Å². The smallest absolute Gasteiger partial charge is 0.341 e. The molecule has 0 bridgehead atoms. The van der Waals surface area contributed by atoms with Crippen molar-refractivity contribution < 1.29 is 13.9 Å². The Hall–Kier alpha value is -1.69. The minimum Gasteiger partial charge on any atom is -0.465 e. The van der Waals surface area contributed by atoms with Gasteiger partial charge in [-0.3, -0.25) is 4.99 Å². The van der Waals surface area contributed by atoms with Gasteiger partial charge in [-0.15, -0.1) is 30.4 Å². The molecule has 0 saturated carbocycles. The number of aryl methyl sites for hydroxylation is 1. The minimum absolute atomic E-state index is 0. The van der Waals surface area contributed by atoms with Crippen LogP contribution in [0.2, 0.25) is 0 Å². The fourth-order valence-electron chi connectivity index (χ4n) is 1.47. The molecule has 0 fully saturated rings. The SMILES string of the molecule is C#CCNC(=NC)NCc1cc(C(=O)OC)c(C)o1.I. The lowest BCUT2D eigenvalue weighted by Crippen LogP contribution is -2.36. The van der Waals surface area contributed by atoms with E-state index in [0.29, 0.717) is 36.1 Å². The quantitative estimate of drug-likeness (QED) is 0.266. The molecule has 0 saturated heterocycles. The third-order valence-corrected chi connectivity index (χ3v) is 2.39. The van der Waals surface area contributed by atoms with Crippen molar-refractivity contribution in [2.45, 2.75) is 13.5 Å². The van der Waals surface area contributed by atoms with Gasteiger partial charge in [0.2, 0.25) is 0 Å². The van der Waals surface area contributed by atoms with Crippen molar-refractivity contribution in [3.8, 4) is 12.3 Å². The van der Waals surface area contributed by atoms with Crippen molar-refractivity contribution in [1.29, 1.82) is 0 Å². The van der Waals surface area contributed by atoms with Crippen LogP contribution in [0.4, 0.5) is 0 Å². The zero-order valence-corrected chi connectivity index (χ0v) is 14.0. The number of guanidine groups is 1. The predicted molar refractivity (Wildman–Crippen MR) is 87.2 cm³/mol. The van der Waals surface area contributed by atoms with Gasteiger partial charge in [0.25, 0.3) is 0 Å². The van der Waals surface area contributed by atoms with Crippen LogP contribution in [0.1, 0.15) is 21.9 Å². The first-order valence-corrected chi connectivity index (χ1v) is 5.68. The van der Waals surface area contributed by atoms with Crippen LogP contribution in [0.25, 0.3) is 0 Å². The lowest BCUT2D eigenvalue weighted by Gasteiger charge is -2.07. The summed E-state index contributed by atoms with van der Waals surface area (Å²) in [7, 11) is 2.97. The van der Waals surface area contributed by atoms with Gasteiger partial charge in [-0.25, -0.2) is 4.79 Å². The van der Waals surface area contributed by atoms with E-state index >= 15 is 0 Å². The summed E-state index contributed by atoms with van der Waals surface area (Å²) in [4.78, 5) is 15.4. The summed E-state index contributed by atoms with van der Waals surface area (Å²) in [6, 6.07) is 1.64. The fourth-order valence-corrected chi connectivity index (χ4v) is 1.47. The Kier molecular flexibility index (Phi) is 8.47. The molecule has 110 valence electrons. The highest BCUT2D eigenvalue weighted by molar-refractivity contribution is 14.0. The van der Waals surface area contributed by atoms with E-state index in [9.17, 15) is 4.79 Å². The highest BCUT2D eigenvalue weighted by Gasteiger charge is 2.15. The van der Waals surface area contributed by atoms with Crippen LogP contribution in [-0.2, 0) is 11.3 Å². The molecule has 0 aromatic carbocycles. The van der Waals surface area contributed by atoms with Crippen LogP contribution in [-0.4, -0.2) is 32.6 Å². The topological polar surface area (TPSA) is 75.9 Å². The zero-order valence-electron chi connectivity index (χ0n) is 11.6. The second-order valence-electron chi connectivity index (χ2n) is 3.66. The largest absolute Gasteiger partial charge is 0.465 e. The number of nitrogens with one attached hydrogen (secondary N) is 2. The molecule has 0 aliphatic rings. The monoisotopic (exact) mass is 391 g/mol. The highest BCUT2D eigenvalue weighted by Crippen LogP contribution is 2.15. The van der Waals surface area contributed by atoms with E-state index in [2.05, 4.69) is 26.3 Å². The molecule has 1 aromatic rings. The van der Waals surface area contributed by atoms with Gasteiger partial charge >= 0.3 is 5.97 Å². The second kappa shape index (κ2) is 9.25. The Labute approximate surface area is 135 Å². The number of carbonyl (C=O) groups is 1. The summed E-state index contributed by atoms with van der Waals surface area (Å²) in [6.07, 6.45) is 5.15. The van der Waals surface area contributed by atoms with Gasteiger partial charge in [-0.1, -0.05) is 5.92 Å². The Morgan fingerprint density at radius 3 is 2.80 bits per heavy atom. The number of methoxy groups -OCH3 is 1. The third-order valence-electron chi connectivity index (χ3n) is 2.39. The number of nitrogens with zero attached hydrogens (tertiary/aromatic N) is 1. The first kappa shape index (κ1) is 18.3. The van der Waals surface area contributed by atoms with E-state index in [1.165, 1.54) is 7.11 Å². The maximum atomic E-state index is 11.4. The molecule has 20 heavy (non-hydrogen) atoms.